The fraction of sp³-hybridized carbons (Fsp3) is 0.667. The Bertz CT molecular complexity index is 758. The number of hydrogen-bond donors (Lipinski definition) is 1. The summed E-state index contributed by atoms with van der Waals surface area (Å²) in [5, 5.41) is 3.20. The Balaban J connectivity index is 1.20. The van der Waals surface area contributed by atoms with E-state index in [9.17, 15) is 9.59 Å². The molecule has 1 N–H and O–H groups in total. The molecule has 0 aromatic heterocycles. The van der Waals surface area contributed by atoms with Crippen molar-refractivity contribution in [3.63, 3.8) is 0 Å². The van der Waals surface area contributed by atoms with E-state index in [2.05, 4.69) is 10.2 Å². The van der Waals surface area contributed by atoms with Crippen molar-refractivity contribution in [3.05, 3.63) is 35.9 Å². The Morgan fingerprint density at radius 2 is 1.73 bits per heavy atom. The molecule has 164 valence electrons. The summed E-state index contributed by atoms with van der Waals surface area (Å²) in [7, 11) is 0. The van der Waals surface area contributed by atoms with Crippen molar-refractivity contribution in [1.82, 2.24) is 15.1 Å². The Hall–Kier alpha value is -2.08. The zero-order valence-corrected chi connectivity index (χ0v) is 18.5. The molecular weight excluding hydrogens is 378 g/mol. The number of benzene rings is 1. The number of ether oxygens (including phenoxy) is 1. The Morgan fingerprint density at radius 1 is 1.07 bits per heavy atom. The summed E-state index contributed by atoms with van der Waals surface area (Å²) in [6.45, 7) is 9.42. The number of carbonyl (C=O) groups excluding carboxylic acids is 2. The molecule has 1 saturated carbocycles. The highest BCUT2D eigenvalue weighted by Crippen LogP contribution is 2.45. The first kappa shape index (κ1) is 21.2. The van der Waals surface area contributed by atoms with Crippen molar-refractivity contribution in [2.75, 3.05) is 26.2 Å². The zero-order chi connectivity index (χ0) is 21.4. The molecule has 1 aromatic rings. The van der Waals surface area contributed by atoms with Gasteiger partial charge in [-0.15, -0.1) is 0 Å². The second-order valence-corrected chi connectivity index (χ2v) is 10.4. The van der Waals surface area contributed by atoms with Crippen LogP contribution in [-0.4, -0.2) is 65.7 Å². The van der Waals surface area contributed by atoms with E-state index in [1.807, 2.05) is 56.0 Å². The smallest absolute Gasteiger partial charge is 0.410 e. The van der Waals surface area contributed by atoms with Crippen molar-refractivity contribution < 1.29 is 14.3 Å². The van der Waals surface area contributed by atoms with Crippen LogP contribution < -0.4 is 5.32 Å². The largest absolute Gasteiger partial charge is 0.444 e. The molecule has 0 bridgehead atoms. The average molecular weight is 414 g/mol. The molecule has 3 fully saturated rings. The summed E-state index contributed by atoms with van der Waals surface area (Å²) >= 11 is 0. The summed E-state index contributed by atoms with van der Waals surface area (Å²) in [5.74, 6) is 0.0294. The van der Waals surface area contributed by atoms with E-state index in [1.165, 1.54) is 25.7 Å². The lowest BCUT2D eigenvalue weighted by Gasteiger charge is -2.53. The first-order chi connectivity index (χ1) is 14.2. The van der Waals surface area contributed by atoms with E-state index < -0.39 is 5.60 Å². The van der Waals surface area contributed by atoms with Gasteiger partial charge in [-0.2, -0.15) is 0 Å². The van der Waals surface area contributed by atoms with E-state index in [1.54, 1.807) is 0 Å². The monoisotopic (exact) mass is 413 g/mol. The van der Waals surface area contributed by atoms with Gasteiger partial charge >= 0.3 is 6.09 Å². The third-order valence-electron chi connectivity index (χ3n) is 6.83. The summed E-state index contributed by atoms with van der Waals surface area (Å²) in [6, 6.07) is 10.3. The van der Waals surface area contributed by atoms with Crippen LogP contribution >= 0.6 is 0 Å². The van der Waals surface area contributed by atoms with Gasteiger partial charge in [-0.25, -0.2) is 4.79 Å². The number of amides is 2. The molecular formula is C24H35N3O3. The molecule has 2 amide bonds. The fourth-order valence-corrected chi connectivity index (χ4v) is 5.21. The van der Waals surface area contributed by atoms with Gasteiger partial charge in [0.2, 0.25) is 0 Å². The van der Waals surface area contributed by atoms with E-state index >= 15 is 0 Å². The van der Waals surface area contributed by atoms with Crippen molar-refractivity contribution in [2.45, 2.75) is 70.6 Å². The highest BCUT2D eigenvalue weighted by molar-refractivity contribution is 5.94. The molecule has 6 nitrogen and oxygen atoms in total. The quantitative estimate of drug-likeness (QED) is 0.821. The normalized spacial score (nSPS) is 24.5. The number of rotatable bonds is 3. The molecule has 30 heavy (non-hydrogen) atoms. The Kier molecular flexibility index (Phi) is 5.80. The maximum atomic E-state index is 12.4. The number of nitrogens with one attached hydrogen (secondary N) is 1. The van der Waals surface area contributed by atoms with Crippen LogP contribution in [0.3, 0.4) is 0 Å². The van der Waals surface area contributed by atoms with Gasteiger partial charge in [0, 0.05) is 49.2 Å². The first-order valence-corrected chi connectivity index (χ1v) is 11.3. The van der Waals surface area contributed by atoms with Gasteiger partial charge in [-0.05, 0) is 65.0 Å². The molecule has 2 aliphatic heterocycles. The lowest BCUT2D eigenvalue weighted by Crippen LogP contribution is -2.61. The van der Waals surface area contributed by atoms with Crippen LogP contribution in [0.4, 0.5) is 4.79 Å². The van der Waals surface area contributed by atoms with Gasteiger partial charge in [0.25, 0.3) is 5.91 Å². The maximum absolute atomic E-state index is 12.4. The second kappa shape index (κ2) is 8.22. The van der Waals surface area contributed by atoms with Gasteiger partial charge < -0.3 is 15.0 Å². The van der Waals surface area contributed by atoms with E-state index in [0.29, 0.717) is 11.5 Å². The number of carbonyl (C=O) groups is 2. The van der Waals surface area contributed by atoms with Gasteiger partial charge in [0.1, 0.15) is 5.60 Å². The molecule has 3 aliphatic rings. The van der Waals surface area contributed by atoms with Crippen molar-refractivity contribution in [3.8, 4) is 0 Å². The SMILES string of the molecule is CC(C)(C)OC(=O)N1CC2(CCC(N3CC[C@H](NC(=O)c4ccccc4)C3)CC2)C1. The highest BCUT2D eigenvalue weighted by Gasteiger charge is 2.48. The van der Waals surface area contributed by atoms with E-state index in [4.69, 9.17) is 4.74 Å². The van der Waals surface area contributed by atoms with Crippen molar-refractivity contribution in [1.29, 1.82) is 0 Å². The predicted octanol–water partition coefficient (Wildman–Crippen LogP) is 3.67. The highest BCUT2D eigenvalue weighted by atomic mass is 16.6. The average Bonchev–Trinajstić information content (AvgIpc) is 3.14. The van der Waals surface area contributed by atoms with Crippen LogP contribution in [0.2, 0.25) is 0 Å². The molecule has 1 spiro atoms. The van der Waals surface area contributed by atoms with E-state index in [0.717, 1.165) is 38.2 Å². The second-order valence-electron chi connectivity index (χ2n) is 10.4. The third-order valence-corrected chi connectivity index (χ3v) is 6.83. The molecule has 2 saturated heterocycles. The van der Waals surface area contributed by atoms with Gasteiger partial charge in [0.15, 0.2) is 0 Å². The minimum Gasteiger partial charge on any atom is -0.444 e. The van der Waals surface area contributed by atoms with Crippen LogP contribution in [0.25, 0.3) is 0 Å². The zero-order valence-electron chi connectivity index (χ0n) is 18.5. The minimum absolute atomic E-state index is 0.0294. The summed E-state index contributed by atoms with van der Waals surface area (Å²) < 4.78 is 5.50. The maximum Gasteiger partial charge on any atom is 0.410 e. The van der Waals surface area contributed by atoms with E-state index in [-0.39, 0.29) is 18.0 Å². The fourth-order valence-electron chi connectivity index (χ4n) is 5.21. The molecule has 1 atom stereocenters. The number of likely N-dealkylation sites (tertiary alicyclic amines) is 2. The minimum atomic E-state index is -0.431. The van der Waals surface area contributed by atoms with Crippen molar-refractivity contribution in [2.24, 2.45) is 5.41 Å². The number of hydrogen-bond acceptors (Lipinski definition) is 4. The van der Waals surface area contributed by atoms with Crippen molar-refractivity contribution >= 4 is 12.0 Å². The molecule has 1 aliphatic carbocycles. The molecule has 0 unspecified atom stereocenters. The molecule has 0 radical (unpaired) electrons. The summed E-state index contributed by atoms with van der Waals surface area (Å²) in [6.07, 6.45) is 5.56. The topological polar surface area (TPSA) is 61.9 Å². The lowest BCUT2D eigenvalue weighted by atomic mass is 9.67. The van der Waals surface area contributed by atoms with Crippen LogP contribution in [0, 0.1) is 5.41 Å². The Morgan fingerprint density at radius 3 is 2.37 bits per heavy atom. The molecule has 1 aromatic carbocycles. The van der Waals surface area contributed by atoms with Gasteiger partial charge in [-0.1, -0.05) is 18.2 Å². The standard InChI is InChI=1S/C24H35N3O3/c1-23(2,3)30-22(29)27-16-24(17-27)12-9-20(10-13-24)26-14-11-19(15-26)25-21(28)18-7-5-4-6-8-18/h4-8,19-20H,9-17H2,1-3H3,(H,25,28)/t19-/m0/s1. The third kappa shape index (κ3) is 4.80. The molecule has 4 rings (SSSR count). The number of nitrogens with zero attached hydrogens (tertiary/aromatic N) is 2. The predicted molar refractivity (Wildman–Crippen MR) is 116 cm³/mol. The molecule has 6 heteroatoms. The summed E-state index contributed by atoms with van der Waals surface area (Å²) in [5.41, 5.74) is 0.600. The van der Waals surface area contributed by atoms with Gasteiger partial charge in [0.05, 0.1) is 0 Å². The van der Waals surface area contributed by atoms with Crippen LogP contribution in [0.15, 0.2) is 30.3 Å². The molecule has 2 heterocycles. The van der Waals surface area contributed by atoms with Crippen LogP contribution in [0.1, 0.15) is 63.2 Å². The lowest BCUT2D eigenvalue weighted by molar-refractivity contribution is -0.0572. The first-order valence-electron chi connectivity index (χ1n) is 11.3. The summed E-state index contributed by atoms with van der Waals surface area (Å²) in [4.78, 5) is 29.1. The van der Waals surface area contributed by atoms with Crippen LogP contribution in [-0.2, 0) is 4.74 Å². The Labute approximate surface area is 179 Å². The van der Waals surface area contributed by atoms with Gasteiger partial charge in [-0.3, -0.25) is 9.69 Å². The van der Waals surface area contributed by atoms with Crippen LogP contribution in [0.5, 0.6) is 0 Å².